The van der Waals surface area contributed by atoms with E-state index >= 15 is 0 Å². The fraction of sp³-hybridized carbons (Fsp3) is 0.500. The van der Waals surface area contributed by atoms with Gasteiger partial charge in [-0.15, -0.1) is 0 Å². The molecule has 0 saturated heterocycles. The Morgan fingerprint density at radius 1 is 1.22 bits per heavy atom. The molecule has 2 N–H and O–H groups in total. The predicted octanol–water partition coefficient (Wildman–Crippen LogP) is 3.12. The zero-order valence-electron chi connectivity index (χ0n) is 14.0. The maximum atomic E-state index is 11.9. The second kappa shape index (κ2) is 9.08. The van der Waals surface area contributed by atoms with E-state index in [1.807, 2.05) is 18.2 Å². The first-order valence-electron chi connectivity index (χ1n) is 8.13. The molecule has 0 radical (unpaired) electrons. The third-order valence-electron chi connectivity index (χ3n) is 4.00. The monoisotopic (exact) mass is 318 g/mol. The Kier molecular flexibility index (Phi) is 6.78. The van der Waals surface area contributed by atoms with Crippen molar-refractivity contribution in [2.24, 2.45) is 0 Å². The van der Waals surface area contributed by atoms with Crippen molar-refractivity contribution >= 4 is 11.6 Å². The van der Waals surface area contributed by atoms with Gasteiger partial charge in [0.2, 0.25) is 5.91 Å². The zero-order chi connectivity index (χ0) is 16.5. The Morgan fingerprint density at radius 3 is 2.78 bits per heavy atom. The number of allylic oxidation sites excluding steroid dienone is 1. The highest BCUT2D eigenvalue weighted by Gasteiger charge is 2.08. The summed E-state index contributed by atoms with van der Waals surface area (Å²) in [6.45, 7) is 0.907. The molecule has 1 aliphatic carbocycles. The van der Waals surface area contributed by atoms with E-state index in [4.69, 9.17) is 9.47 Å². The fourth-order valence-corrected chi connectivity index (χ4v) is 2.68. The molecule has 1 aromatic rings. The average molecular weight is 318 g/mol. The summed E-state index contributed by atoms with van der Waals surface area (Å²) in [5.41, 5.74) is 2.22. The third kappa shape index (κ3) is 5.51. The molecule has 0 spiro atoms. The normalized spacial score (nSPS) is 13.9. The van der Waals surface area contributed by atoms with E-state index in [1.165, 1.54) is 31.3 Å². The largest absolute Gasteiger partial charge is 0.497 e. The lowest BCUT2D eigenvalue weighted by atomic mass is 9.97. The van der Waals surface area contributed by atoms with Crippen LogP contribution in [0.1, 0.15) is 32.1 Å². The Labute approximate surface area is 138 Å². The first-order valence-corrected chi connectivity index (χ1v) is 8.13. The molecule has 0 heterocycles. The third-order valence-corrected chi connectivity index (χ3v) is 4.00. The summed E-state index contributed by atoms with van der Waals surface area (Å²) < 4.78 is 10.5. The van der Waals surface area contributed by atoms with Crippen LogP contribution in [0.5, 0.6) is 11.5 Å². The van der Waals surface area contributed by atoms with E-state index in [-0.39, 0.29) is 12.5 Å². The summed E-state index contributed by atoms with van der Waals surface area (Å²) in [7, 11) is 3.21. The molecule has 0 aromatic heterocycles. The van der Waals surface area contributed by atoms with Gasteiger partial charge < -0.3 is 20.1 Å². The number of amides is 1. The highest BCUT2D eigenvalue weighted by atomic mass is 16.5. The minimum absolute atomic E-state index is 0.0220. The number of carbonyl (C=O) groups excluding carboxylic acids is 1. The molecule has 5 heteroatoms. The van der Waals surface area contributed by atoms with Gasteiger partial charge in [0.15, 0.2) is 0 Å². The maximum Gasteiger partial charge on any atom is 0.239 e. The van der Waals surface area contributed by atoms with Gasteiger partial charge in [0, 0.05) is 12.6 Å². The summed E-state index contributed by atoms with van der Waals surface area (Å²) in [4.78, 5) is 11.9. The van der Waals surface area contributed by atoms with E-state index in [9.17, 15) is 4.79 Å². The van der Waals surface area contributed by atoms with Gasteiger partial charge in [-0.3, -0.25) is 4.79 Å². The van der Waals surface area contributed by atoms with E-state index in [0.717, 1.165) is 17.9 Å². The SMILES string of the molecule is COc1ccc(OC)c(NCC(=O)NCCC2=CCCCC2)c1. The maximum absolute atomic E-state index is 11.9. The molecule has 0 aliphatic heterocycles. The number of benzene rings is 1. The van der Waals surface area contributed by atoms with E-state index in [0.29, 0.717) is 12.3 Å². The molecule has 0 fully saturated rings. The molecule has 126 valence electrons. The number of methoxy groups -OCH3 is 2. The topological polar surface area (TPSA) is 59.6 Å². The standard InChI is InChI=1S/C18H26N2O3/c1-22-15-8-9-17(23-2)16(12-15)20-13-18(21)19-11-10-14-6-4-3-5-7-14/h6,8-9,12,20H,3-5,7,10-11,13H2,1-2H3,(H,19,21). The van der Waals surface area contributed by atoms with Gasteiger partial charge in [0.25, 0.3) is 0 Å². The van der Waals surface area contributed by atoms with Crippen LogP contribution in [0.2, 0.25) is 0 Å². The summed E-state index contributed by atoms with van der Waals surface area (Å²) in [5, 5.41) is 6.05. The minimum Gasteiger partial charge on any atom is -0.497 e. The fourth-order valence-electron chi connectivity index (χ4n) is 2.68. The lowest BCUT2D eigenvalue weighted by molar-refractivity contribution is -0.119. The molecule has 0 bridgehead atoms. The molecular formula is C18H26N2O3. The number of rotatable bonds is 8. The van der Waals surface area contributed by atoms with Crippen LogP contribution in [0.3, 0.4) is 0 Å². The van der Waals surface area contributed by atoms with Crippen molar-refractivity contribution < 1.29 is 14.3 Å². The highest BCUT2D eigenvalue weighted by Crippen LogP contribution is 2.28. The van der Waals surface area contributed by atoms with Gasteiger partial charge in [-0.1, -0.05) is 11.6 Å². The molecule has 0 atom stereocenters. The second-order valence-corrected chi connectivity index (χ2v) is 5.63. The van der Waals surface area contributed by atoms with Crippen LogP contribution in [0.4, 0.5) is 5.69 Å². The van der Waals surface area contributed by atoms with E-state index < -0.39 is 0 Å². The van der Waals surface area contributed by atoms with Gasteiger partial charge in [-0.2, -0.15) is 0 Å². The van der Waals surface area contributed by atoms with Gasteiger partial charge in [0.05, 0.1) is 26.5 Å². The van der Waals surface area contributed by atoms with Gasteiger partial charge >= 0.3 is 0 Å². The molecule has 23 heavy (non-hydrogen) atoms. The van der Waals surface area contributed by atoms with E-state index in [2.05, 4.69) is 16.7 Å². The van der Waals surface area contributed by atoms with Crippen molar-refractivity contribution in [2.45, 2.75) is 32.1 Å². The summed E-state index contributed by atoms with van der Waals surface area (Å²) in [6, 6.07) is 5.45. The molecule has 1 amide bonds. The lowest BCUT2D eigenvalue weighted by Crippen LogP contribution is -2.30. The first-order chi connectivity index (χ1) is 11.2. The van der Waals surface area contributed by atoms with Crippen LogP contribution < -0.4 is 20.1 Å². The number of hydrogen-bond donors (Lipinski definition) is 2. The average Bonchev–Trinajstić information content (AvgIpc) is 2.60. The Balaban J connectivity index is 1.76. The van der Waals surface area contributed by atoms with Crippen molar-refractivity contribution in [3.05, 3.63) is 29.8 Å². The molecule has 1 aromatic carbocycles. The van der Waals surface area contributed by atoms with Crippen LogP contribution in [0, 0.1) is 0 Å². The Hall–Kier alpha value is -2.17. The minimum atomic E-state index is -0.0220. The van der Waals surface area contributed by atoms with Crippen molar-refractivity contribution in [1.82, 2.24) is 5.32 Å². The van der Waals surface area contributed by atoms with Crippen LogP contribution in [-0.2, 0) is 4.79 Å². The summed E-state index contributed by atoms with van der Waals surface area (Å²) >= 11 is 0. The number of nitrogens with one attached hydrogen (secondary N) is 2. The molecule has 5 nitrogen and oxygen atoms in total. The van der Waals surface area contributed by atoms with Crippen molar-refractivity contribution in [3.63, 3.8) is 0 Å². The predicted molar refractivity (Wildman–Crippen MR) is 92.2 cm³/mol. The molecular weight excluding hydrogens is 292 g/mol. The van der Waals surface area contributed by atoms with Crippen molar-refractivity contribution in [2.75, 3.05) is 32.6 Å². The van der Waals surface area contributed by atoms with E-state index in [1.54, 1.807) is 14.2 Å². The Bertz CT molecular complexity index is 555. The zero-order valence-corrected chi connectivity index (χ0v) is 14.0. The molecule has 1 aliphatic rings. The lowest BCUT2D eigenvalue weighted by Gasteiger charge is -2.14. The molecule has 0 saturated carbocycles. The first kappa shape index (κ1) is 17.2. The quantitative estimate of drug-likeness (QED) is 0.723. The number of hydrogen-bond acceptors (Lipinski definition) is 4. The number of carbonyl (C=O) groups is 1. The number of ether oxygens (including phenoxy) is 2. The van der Waals surface area contributed by atoms with Crippen molar-refractivity contribution in [1.29, 1.82) is 0 Å². The van der Waals surface area contributed by atoms with Crippen LogP contribution in [0.25, 0.3) is 0 Å². The molecule has 0 unspecified atom stereocenters. The highest BCUT2D eigenvalue weighted by molar-refractivity contribution is 5.81. The Morgan fingerprint density at radius 2 is 2.09 bits per heavy atom. The smallest absolute Gasteiger partial charge is 0.239 e. The summed E-state index contributed by atoms with van der Waals surface area (Å²) in [6.07, 6.45) is 8.19. The summed E-state index contributed by atoms with van der Waals surface area (Å²) in [5.74, 6) is 1.38. The van der Waals surface area contributed by atoms with Crippen LogP contribution >= 0.6 is 0 Å². The van der Waals surface area contributed by atoms with Gasteiger partial charge in [-0.05, 0) is 44.2 Å². The molecule has 2 rings (SSSR count). The van der Waals surface area contributed by atoms with Crippen molar-refractivity contribution in [3.8, 4) is 11.5 Å². The van der Waals surface area contributed by atoms with Crippen LogP contribution in [0.15, 0.2) is 29.8 Å². The van der Waals surface area contributed by atoms with Gasteiger partial charge in [0.1, 0.15) is 11.5 Å². The second-order valence-electron chi connectivity index (χ2n) is 5.63. The van der Waals surface area contributed by atoms with Gasteiger partial charge in [-0.25, -0.2) is 0 Å². The van der Waals surface area contributed by atoms with Crippen LogP contribution in [-0.4, -0.2) is 33.2 Å². The number of anilines is 1.